The lowest BCUT2D eigenvalue weighted by Crippen LogP contribution is -1.89. The zero-order valence-electron chi connectivity index (χ0n) is 7.57. The molecule has 0 N–H and O–H groups in total. The maximum Gasteiger partial charge on any atom is 0.0449 e. The maximum atomic E-state index is 6.21. The lowest BCUT2D eigenvalue weighted by molar-refractivity contribution is 0.911. The van der Waals surface area contributed by atoms with E-state index in [2.05, 4.69) is 12.1 Å². The zero-order chi connectivity index (χ0) is 8.84. The average Bonchev–Trinajstić information content (AvgIpc) is 2.85. The van der Waals surface area contributed by atoms with Gasteiger partial charge in [0.2, 0.25) is 0 Å². The lowest BCUT2D eigenvalue weighted by Gasteiger charge is -2.05. The molecule has 1 aromatic rings. The molecule has 0 aliphatic heterocycles. The highest BCUT2D eigenvalue weighted by molar-refractivity contribution is 6.31. The van der Waals surface area contributed by atoms with Crippen molar-refractivity contribution in [2.75, 3.05) is 0 Å². The van der Waals surface area contributed by atoms with E-state index in [1.165, 1.54) is 48.8 Å². The van der Waals surface area contributed by atoms with Crippen molar-refractivity contribution in [3.63, 3.8) is 0 Å². The Labute approximate surface area is 83.9 Å². The van der Waals surface area contributed by atoms with Gasteiger partial charge in [-0.15, -0.1) is 0 Å². The van der Waals surface area contributed by atoms with E-state index < -0.39 is 0 Å². The number of fused-ring (bicyclic) bond motifs is 1. The predicted molar refractivity (Wildman–Crippen MR) is 54.3 cm³/mol. The molecule has 0 amide bonds. The Balaban J connectivity index is 2.10. The van der Waals surface area contributed by atoms with E-state index >= 15 is 0 Å². The third-order valence-electron chi connectivity index (χ3n) is 3.09. The van der Waals surface area contributed by atoms with Crippen LogP contribution in [-0.4, -0.2) is 0 Å². The summed E-state index contributed by atoms with van der Waals surface area (Å²) >= 11 is 6.21. The third kappa shape index (κ3) is 1.28. The number of hydrogen-bond acceptors (Lipinski definition) is 0. The monoisotopic (exact) mass is 191 g/mol. The Hall–Kier alpha value is -0.490. The number of aryl methyl sites for hydroxylation is 2. The molecule has 0 unspecified atom stereocenters. The van der Waals surface area contributed by atoms with Gasteiger partial charge in [-0.1, -0.05) is 11.6 Å². The van der Waals surface area contributed by atoms with Gasteiger partial charge in [-0.25, -0.2) is 0 Å². The number of benzene rings is 1. The van der Waals surface area contributed by atoms with Crippen LogP contribution in [0.4, 0.5) is 0 Å². The summed E-state index contributed by atoms with van der Waals surface area (Å²) in [5.41, 5.74) is 4.17. The van der Waals surface area contributed by atoms with E-state index in [1.807, 2.05) is 0 Å². The lowest BCUT2D eigenvalue weighted by atomic mass is 10.0. The minimum atomic E-state index is 0.735. The van der Waals surface area contributed by atoms with E-state index in [0.717, 1.165) is 10.9 Å². The van der Waals surface area contributed by atoms with Crippen LogP contribution in [0.1, 0.15) is 41.9 Å². The molecule has 0 atom stereocenters. The molecule has 1 heteroatoms. The number of halogens is 1. The standard InChI is InChI=1S/C12H12Cl/c13-12-7-10-3-1-2-9(10)6-11(12)8-4-5-8/h7-8H,1-5H2. The van der Waals surface area contributed by atoms with Crippen molar-refractivity contribution in [1.29, 1.82) is 0 Å². The van der Waals surface area contributed by atoms with Crippen molar-refractivity contribution in [3.8, 4) is 0 Å². The van der Waals surface area contributed by atoms with Crippen molar-refractivity contribution in [2.45, 2.75) is 38.0 Å². The van der Waals surface area contributed by atoms with Gasteiger partial charge in [0.25, 0.3) is 0 Å². The molecule has 2 aliphatic rings. The molecule has 1 aromatic carbocycles. The van der Waals surface area contributed by atoms with E-state index in [-0.39, 0.29) is 0 Å². The highest BCUT2D eigenvalue weighted by atomic mass is 35.5. The Bertz CT molecular complexity index is 350. The van der Waals surface area contributed by atoms with Gasteiger partial charge >= 0.3 is 0 Å². The molecular weight excluding hydrogens is 180 g/mol. The van der Waals surface area contributed by atoms with Gasteiger partial charge in [-0.3, -0.25) is 0 Å². The Morgan fingerprint density at radius 2 is 2.15 bits per heavy atom. The number of hydrogen-bond donors (Lipinski definition) is 0. The van der Waals surface area contributed by atoms with Gasteiger partial charge in [-0.05, 0) is 66.8 Å². The first kappa shape index (κ1) is 7.87. The molecule has 0 heterocycles. The first-order chi connectivity index (χ1) is 6.34. The molecular formula is C12H12Cl. The van der Waals surface area contributed by atoms with Crippen molar-refractivity contribution >= 4 is 11.6 Å². The van der Waals surface area contributed by atoms with Crippen LogP contribution in [0.15, 0.2) is 6.07 Å². The molecule has 1 fully saturated rings. The fourth-order valence-electron chi connectivity index (χ4n) is 2.19. The van der Waals surface area contributed by atoms with Crippen LogP contribution >= 0.6 is 11.6 Å². The zero-order valence-corrected chi connectivity index (χ0v) is 8.32. The molecule has 1 radical (unpaired) electrons. The summed E-state index contributed by atoms with van der Waals surface area (Å²) in [6, 6.07) is 5.70. The van der Waals surface area contributed by atoms with Crippen molar-refractivity contribution in [3.05, 3.63) is 33.8 Å². The van der Waals surface area contributed by atoms with Crippen LogP contribution < -0.4 is 0 Å². The smallest absolute Gasteiger partial charge is 0.0449 e. The van der Waals surface area contributed by atoms with Gasteiger partial charge < -0.3 is 0 Å². The SMILES string of the molecule is Clc1cc2c([c]c1C1CC1)CCC2. The quantitative estimate of drug-likeness (QED) is 0.638. The van der Waals surface area contributed by atoms with Crippen LogP contribution in [0.3, 0.4) is 0 Å². The minimum Gasteiger partial charge on any atom is -0.0840 e. The maximum absolute atomic E-state index is 6.21. The summed E-state index contributed by atoms with van der Waals surface area (Å²) in [4.78, 5) is 0. The Morgan fingerprint density at radius 3 is 2.92 bits per heavy atom. The van der Waals surface area contributed by atoms with Gasteiger partial charge in [-0.2, -0.15) is 0 Å². The largest absolute Gasteiger partial charge is 0.0840 e. The summed E-state index contributed by atoms with van der Waals surface area (Å²) in [6.07, 6.45) is 6.34. The third-order valence-corrected chi connectivity index (χ3v) is 3.40. The summed E-state index contributed by atoms with van der Waals surface area (Å²) < 4.78 is 0. The topological polar surface area (TPSA) is 0 Å². The minimum absolute atomic E-state index is 0.735. The van der Waals surface area contributed by atoms with E-state index in [9.17, 15) is 0 Å². The van der Waals surface area contributed by atoms with Gasteiger partial charge in [0, 0.05) is 5.02 Å². The summed E-state index contributed by atoms with van der Waals surface area (Å²) in [5, 5.41) is 0.961. The van der Waals surface area contributed by atoms with Crippen molar-refractivity contribution in [1.82, 2.24) is 0 Å². The molecule has 67 valence electrons. The average molecular weight is 192 g/mol. The Kier molecular flexibility index (Phi) is 1.66. The summed E-state index contributed by atoms with van der Waals surface area (Å²) in [5.74, 6) is 0.735. The highest BCUT2D eigenvalue weighted by Crippen LogP contribution is 2.44. The molecule has 1 saturated carbocycles. The van der Waals surface area contributed by atoms with Crippen molar-refractivity contribution < 1.29 is 0 Å². The predicted octanol–water partition coefficient (Wildman–Crippen LogP) is 3.51. The molecule has 0 spiro atoms. The summed E-state index contributed by atoms with van der Waals surface area (Å²) in [7, 11) is 0. The Morgan fingerprint density at radius 1 is 1.31 bits per heavy atom. The van der Waals surface area contributed by atoms with Crippen LogP contribution in [0, 0.1) is 6.07 Å². The second kappa shape index (κ2) is 2.75. The van der Waals surface area contributed by atoms with E-state index in [0.29, 0.717) is 0 Å². The normalized spacial score (nSPS) is 20.4. The molecule has 13 heavy (non-hydrogen) atoms. The molecule has 0 saturated heterocycles. The second-order valence-corrected chi connectivity index (χ2v) is 4.57. The van der Waals surface area contributed by atoms with Gasteiger partial charge in [0.1, 0.15) is 0 Å². The molecule has 0 nitrogen and oxygen atoms in total. The molecule has 3 rings (SSSR count). The molecule has 0 aromatic heterocycles. The van der Waals surface area contributed by atoms with Crippen LogP contribution in [0.25, 0.3) is 0 Å². The summed E-state index contributed by atoms with van der Waals surface area (Å²) in [6.45, 7) is 0. The molecule has 0 bridgehead atoms. The van der Waals surface area contributed by atoms with E-state index in [4.69, 9.17) is 11.6 Å². The van der Waals surface area contributed by atoms with Gasteiger partial charge in [0.15, 0.2) is 0 Å². The first-order valence-corrected chi connectivity index (χ1v) is 5.46. The van der Waals surface area contributed by atoms with Crippen LogP contribution in [0.5, 0.6) is 0 Å². The fourth-order valence-corrected chi connectivity index (χ4v) is 2.52. The van der Waals surface area contributed by atoms with E-state index in [1.54, 1.807) is 0 Å². The molecule has 2 aliphatic carbocycles. The highest BCUT2D eigenvalue weighted by Gasteiger charge is 2.27. The first-order valence-electron chi connectivity index (χ1n) is 5.08. The van der Waals surface area contributed by atoms with Crippen LogP contribution in [-0.2, 0) is 12.8 Å². The van der Waals surface area contributed by atoms with Crippen molar-refractivity contribution in [2.24, 2.45) is 0 Å². The van der Waals surface area contributed by atoms with Crippen LogP contribution in [0.2, 0.25) is 5.02 Å². The second-order valence-electron chi connectivity index (χ2n) is 4.16. The number of rotatable bonds is 1. The van der Waals surface area contributed by atoms with Gasteiger partial charge in [0.05, 0.1) is 0 Å². The fraction of sp³-hybridized carbons (Fsp3) is 0.500.